The second-order valence-corrected chi connectivity index (χ2v) is 5.32. The Balaban J connectivity index is 1.79. The molecule has 0 unspecified atom stereocenters. The summed E-state index contributed by atoms with van der Waals surface area (Å²) in [6, 6.07) is 11.7. The first-order chi connectivity index (χ1) is 10.5. The van der Waals surface area contributed by atoms with Crippen molar-refractivity contribution in [2.24, 2.45) is 0 Å². The zero-order valence-corrected chi connectivity index (χ0v) is 11.9. The fourth-order valence-electron chi connectivity index (χ4n) is 2.63. The molecule has 0 fully saturated rings. The predicted molar refractivity (Wildman–Crippen MR) is 82.4 cm³/mol. The third kappa shape index (κ3) is 2.63. The molecule has 0 spiro atoms. The molecule has 0 radical (unpaired) electrons. The summed E-state index contributed by atoms with van der Waals surface area (Å²) in [5.74, 6) is -0.0492. The van der Waals surface area contributed by atoms with Crippen LogP contribution in [0, 0.1) is 10.1 Å². The Hall–Kier alpha value is -2.89. The highest BCUT2D eigenvalue weighted by atomic mass is 16.6. The van der Waals surface area contributed by atoms with Crippen LogP contribution in [0.15, 0.2) is 42.5 Å². The van der Waals surface area contributed by atoms with Crippen molar-refractivity contribution in [3.8, 4) is 0 Å². The first-order valence-corrected chi connectivity index (χ1v) is 6.95. The number of carbonyl (C=O) groups is 1. The van der Waals surface area contributed by atoms with Crippen LogP contribution in [0.1, 0.15) is 21.5 Å². The lowest BCUT2D eigenvalue weighted by Gasteiger charge is -2.28. The number of amides is 1. The van der Waals surface area contributed by atoms with Gasteiger partial charge in [-0.05, 0) is 29.7 Å². The standard InChI is InChI=1S/C16H15N3O3/c17-13-4-3-12-7-8-18(16(20)15(12)9-13)10-11-1-5-14(6-2-11)19(21)22/h1-6,9H,7-8,10,17H2. The molecule has 6 nitrogen and oxygen atoms in total. The molecular formula is C16H15N3O3. The van der Waals surface area contributed by atoms with Gasteiger partial charge in [-0.15, -0.1) is 0 Å². The minimum atomic E-state index is -0.436. The number of benzene rings is 2. The van der Waals surface area contributed by atoms with E-state index in [4.69, 9.17) is 5.73 Å². The van der Waals surface area contributed by atoms with Gasteiger partial charge in [-0.3, -0.25) is 14.9 Å². The summed E-state index contributed by atoms with van der Waals surface area (Å²) >= 11 is 0. The van der Waals surface area contributed by atoms with E-state index >= 15 is 0 Å². The third-order valence-corrected chi connectivity index (χ3v) is 3.82. The summed E-state index contributed by atoms with van der Waals surface area (Å²) in [7, 11) is 0. The average Bonchev–Trinajstić information content (AvgIpc) is 2.51. The molecule has 1 aliphatic rings. The van der Waals surface area contributed by atoms with Crippen LogP contribution >= 0.6 is 0 Å². The smallest absolute Gasteiger partial charge is 0.269 e. The lowest BCUT2D eigenvalue weighted by Crippen LogP contribution is -2.37. The van der Waals surface area contributed by atoms with Crippen molar-refractivity contribution in [1.82, 2.24) is 4.90 Å². The van der Waals surface area contributed by atoms with Crippen LogP contribution in [0.5, 0.6) is 0 Å². The van der Waals surface area contributed by atoms with Crippen LogP contribution < -0.4 is 5.73 Å². The molecule has 112 valence electrons. The molecule has 22 heavy (non-hydrogen) atoms. The van der Waals surface area contributed by atoms with Crippen LogP contribution in [0.2, 0.25) is 0 Å². The summed E-state index contributed by atoms with van der Waals surface area (Å²) in [4.78, 5) is 24.5. The molecule has 0 bridgehead atoms. The van der Waals surface area contributed by atoms with Crippen molar-refractivity contribution >= 4 is 17.3 Å². The molecule has 1 aliphatic heterocycles. The molecule has 3 rings (SSSR count). The fourth-order valence-corrected chi connectivity index (χ4v) is 2.63. The van der Waals surface area contributed by atoms with E-state index in [0.29, 0.717) is 24.3 Å². The van der Waals surface area contributed by atoms with Crippen LogP contribution in [-0.4, -0.2) is 22.3 Å². The highest BCUT2D eigenvalue weighted by Gasteiger charge is 2.24. The Bertz CT molecular complexity index is 741. The number of anilines is 1. The van der Waals surface area contributed by atoms with Crippen molar-refractivity contribution in [3.63, 3.8) is 0 Å². The Kier molecular flexibility index (Phi) is 3.50. The minimum Gasteiger partial charge on any atom is -0.399 e. The van der Waals surface area contributed by atoms with E-state index in [-0.39, 0.29) is 11.6 Å². The molecule has 2 aromatic carbocycles. The Morgan fingerprint density at radius 3 is 2.59 bits per heavy atom. The number of non-ortho nitro benzene ring substituents is 1. The van der Waals surface area contributed by atoms with Crippen LogP contribution in [0.4, 0.5) is 11.4 Å². The molecule has 1 amide bonds. The van der Waals surface area contributed by atoms with Crippen molar-refractivity contribution in [1.29, 1.82) is 0 Å². The SMILES string of the molecule is Nc1ccc2c(c1)C(=O)N(Cc1ccc([N+](=O)[O-])cc1)CC2. The predicted octanol–water partition coefficient (Wildman–Crippen LogP) is 2.38. The summed E-state index contributed by atoms with van der Waals surface area (Å²) in [6.07, 6.45) is 0.786. The number of nitro benzene ring substituents is 1. The molecule has 2 aromatic rings. The summed E-state index contributed by atoms with van der Waals surface area (Å²) in [6.45, 7) is 1.07. The van der Waals surface area contributed by atoms with E-state index in [1.54, 1.807) is 29.2 Å². The second kappa shape index (κ2) is 5.48. The second-order valence-electron chi connectivity index (χ2n) is 5.32. The number of nitrogens with zero attached hydrogens (tertiary/aromatic N) is 2. The van der Waals surface area contributed by atoms with Crippen molar-refractivity contribution in [2.75, 3.05) is 12.3 Å². The molecule has 0 aromatic heterocycles. The molecular weight excluding hydrogens is 282 g/mol. The van der Waals surface area contributed by atoms with Crippen molar-refractivity contribution in [2.45, 2.75) is 13.0 Å². The number of nitrogen functional groups attached to an aromatic ring is 1. The highest BCUT2D eigenvalue weighted by molar-refractivity contribution is 5.97. The van der Waals surface area contributed by atoms with Crippen LogP contribution in [0.25, 0.3) is 0 Å². The maximum Gasteiger partial charge on any atom is 0.269 e. The zero-order valence-electron chi connectivity index (χ0n) is 11.9. The van der Waals surface area contributed by atoms with E-state index in [9.17, 15) is 14.9 Å². The molecule has 0 aliphatic carbocycles. The summed E-state index contributed by atoms with van der Waals surface area (Å²) < 4.78 is 0. The van der Waals surface area contributed by atoms with Crippen molar-refractivity contribution in [3.05, 3.63) is 69.3 Å². The molecule has 0 atom stereocenters. The lowest BCUT2D eigenvalue weighted by molar-refractivity contribution is -0.384. The van der Waals surface area contributed by atoms with Gasteiger partial charge < -0.3 is 10.6 Å². The van der Waals surface area contributed by atoms with Crippen LogP contribution in [-0.2, 0) is 13.0 Å². The lowest BCUT2D eigenvalue weighted by atomic mass is 9.98. The number of fused-ring (bicyclic) bond motifs is 1. The number of rotatable bonds is 3. The Morgan fingerprint density at radius 2 is 1.91 bits per heavy atom. The Labute approximate surface area is 127 Å². The number of hydrogen-bond acceptors (Lipinski definition) is 4. The van der Waals surface area contributed by atoms with Gasteiger partial charge in [-0.1, -0.05) is 18.2 Å². The quantitative estimate of drug-likeness (QED) is 0.535. The molecule has 6 heteroatoms. The van der Waals surface area contributed by atoms with Gasteiger partial charge in [0.1, 0.15) is 0 Å². The van der Waals surface area contributed by atoms with E-state index in [1.807, 2.05) is 6.07 Å². The minimum absolute atomic E-state index is 0.0480. The number of nitro groups is 1. The molecule has 0 saturated carbocycles. The normalized spacial score (nSPS) is 13.8. The van der Waals surface area contributed by atoms with Gasteiger partial charge >= 0.3 is 0 Å². The zero-order chi connectivity index (χ0) is 15.7. The van der Waals surface area contributed by atoms with Gasteiger partial charge in [-0.2, -0.15) is 0 Å². The number of hydrogen-bond donors (Lipinski definition) is 1. The van der Waals surface area contributed by atoms with E-state index in [1.165, 1.54) is 12.1 Å². The molecule has 0 saturated heterocycles. The monoisotopic (exact) mass is 297 g/mol. The van der Waals surface area contributed by atoms with Crippen LogP contribution in [0.3, 0.4) is 0 Å². The fraction of sp³-hybridized carbons (Fsp3) is 0.188. The van der Waals surface area contributed by atoms with E-state index in [0.717, 1.165) is 17.5 Å². The van der Waals surface area contributed by atoms with Gasteiger partial charge in [0.15, 0.2) is 0 Å². The third-order valence-electron chi connectivity index (χ3n) is 3.82. The summed E-state index contributed by atoms with van der Waals surface area (Å²) in [5, 5.41) is 10.7. The van der Waals surface area contributed by atoms with Gasteiger partial charge in [0, 0.05) is 36.5 Å². The average molecular weight is 297 g/mol. The largest absolute Gasteiger partial charge is 0.399 e. The maximum atomic E-state index is 12.5. The van der Waals surface area contributed by atoms with Gasteiger partial charge in [-0.25, -0.2) is 0 Å². The molecule has 2 N–H and O–H groups in total. The number of carbonyl (C=O) groups excluding carboxylic acids is 1. The van der Waals surface area contributed by atoms with E-state index in [2.05, 4.69) is 0 Å². The molecule has 1 heterocycles. The highest BCUT2D eigenvalue weighted by Crippen LogP contribution is 2.23. The van der Waals surface area contributed by atoms with Crippen molar-refractivity contribution < 1.29 is 9.72 Å². The van der Waals surface area contributed by atoms with Gasteiger partial charge in [0.25, 0.3) is 11.6 Å². The number of nitrogens with two attached hydrogens (primary N) is 1. The van der Waals surface area contributed by atoms with Gasteiger partial charge in [0.05, 0.1) is 4.92 Å². The maximum absolute atomic E-state index is 12.5. The first kappa shape index (κ1) is 14.1. The summed E-state index contributed by atoms with van der Waals surface area (Å²) in [5.41, 5.74) is 8.90. The topological polar surface area (TPSA) is 89.5 Å². The van der Waals surface area contributed by atoms with E-state index < -0.39 is 4.92 Å². The van der Waals surface area contributed by atoms with Gasteiger partial charge in [0.2, 0.25) is 0 Å². The Morgan fingerprint density at radius 1 is 1.18 bits per heavy atom. The first-order valence-electron chi connectivity index (χ1n) is 6.95.